The zero-order valence-corrected chi connectivity index (χ0v) is 16.5. The van der Waals surface area contributed by atoms with Crippen LogP contribution in [0.1, 0.15) is 44.6 Å². The molecule has 0 aliphatic carbocycles. The van der Waals surface area contributed by atoms with Crippen LogP contribution in [0.25, 0.3) is 0 Å². The first-order valence-corrected chi connectivity index (χ1v) is 10.1. The number of aryl methyl sites for hydroxylation is 1. The van der Waals surface area contributed by atoms with E-state index in [1.54, 1.807) is 4.90 Å². The number of nitrogens with zero attached hydrogens (tertiary/aromatic N) is 2. The van der Waals surface area contributed by atoms with Gasteiger partial charge < -0.3 is 19.9 Å². The van der Waals surface area contributed by atoms with E-state index in [1.807, 2.05) is 25.1 Å². The van der Waals surface area contributed by atoms with Crippen LogP contribution in [0.4, 0.5) is 5.69 Å². The van der Waals surface area contributed by atoms with Crippen LogP contribution in [0.15, 0.2) is 18.2 Å². The van der Waals surface area contributed by atoms with Crippen molar-refractivity contribution in [3.05, 3.63) is 23.8 Å². The third-order valence-electron chi connectivity index (χ3n) is 5.51. The first-order valence-electron chi connectivity index (χ1n) is 10.1. The van der Waals surface area contributed by atoms with E-state index >= 15 is 0 Å². The predicted molar refractivity (Wildman–Crippen MR) is 106 cm³/mol. The summed E-state index contributed by atoms with van der Waals surface area (Å²) in [5, 5.41) is 2.99. The van der Waals surface area contributed by atoms with E-state index in [9.17, 15) is 9.59 Å². The first kappa shape index (κ1) is 19.7. The summed E-state index contributed by atoms with van der Waals surface area (Å²) in [4.78, 5) is 28.5. The van der Waals surface area contributed by atoms with Gasteiger partial charge in [-0.25, -0.2) is 0 Å². The SMILES string of the molecule is Cc1ccc2c(c1)OCC(=O)N2CCC(=O)NCCCN1CCCC[C@H]1C. The number of fused-ring (bicyclic) bond motifs is 1. The lowest BCUT2D eigenvalue weighted by Gasteiger charge is -2.33. The van der Waals surface area contributed by atoms with Gasteiger partial charge in [-0.3, -0.25) is 9.59 Å². The van der Waals surface area contributed by atoms with Crippen molar-refractivity contribution < 1.29 is 14.3 Å². The second-order valence-electron chi connectivity index (χ2n) is 7.64. The van der Waals surface area contributed by atoms with Gasteiger partial charge in [0.05, 0.1) is 5.69 Å². The summed E-state index contributed by atoms with van der Waals surface area (Å²) in [7, 11) is 0. The van der Waals surface area contributed by atoms with E-state index in [0.29, 0.717) is 31.3 Å². The molecule has 0 aromatic heterocycles. The molecule has 27 heavy (non-hydrogen) atoms. The van der Waals surface area contributed by atoms with Crippen LogP contribution in [-0.4, -0.2) is 55.5 Å². The molecule has 3 rings (SSSR count). The molecule has 6 heteroatoms. The van der Waals surface area contributed by atoms with Gasteiger partial charge in [-0.1, -0.05) is 12.5 Å². The van der Waals surface area contributed by atoms with Crippen molar-refractivity contribution in [1.29, 1.82) is 0 Å². The molecule has 1 N–H and O–H groups in total. The molecular formula is C21H31N3O3. The number of nitrogens with one attached hydrogen (secondary N) is 1. The summed E-state index contributed by atoms with van der Waals surface area (Å²) in [5.41, 5.74) is 1.84. The normalized spacial score (nSPS) is 20.1. The van der Waals surface area contributed by atoms with Crippen molar-refractivity contribution in [1.82, 2.24) is 10.2 Å². The van der Waals surface area contributed by atoms with Gasteiger partial charge in [0.25, 0.3) is 5.91 Å². The van der Waals surface area contributed by atoms with Gasteiger partial charge in [0.2, 0.25) is 5.91 Å². The minimum atomic E-state index is -0.0989. The molecule has 6 nitrogen and oxygen atoms in total. The van der Waals surface area contributed by atoms with Crippen molar-refractivity contribution in [2.24, 2.45) is 0 Å². The summed E-state index contributed by atoms with van der Waals surface area (Å²) < 4.78 is 5.50. The van der Waals surface area contributed by atoms with E-state index in [2.05, 4.69) is 17.1 Å². The highest BCUT2D eigenvalue weighted by molar-refractivity contribution is 5.98. The van der Waals surface area contributed by atoms with Crippen molar-refractivity contribution in [3.63, 3.8) is 0 Å². The summed E-state index contributed by atoms with van der Waals surface area (Å²) in [6.45, 7) is 7.59. The molecule has 0 unspecified atom stereocenters. The molecule has 1 aromatic carbocycles. The Labute approximate surface area is 161 Å². The lowest BCUT2D eigenvalue weighted by Crippen LogP contribution is -2.41. The van der Waals surface area contributed by atoms with Crippen LogP contribution in [0.2, 0.25) is 0 Å². The van der Waals surface area contributed by atoms with Gasteiger partial charge in [-0.15, -0.1) is 0 Å². The highest BCUT2D eigenvalue weighted by Crippen LogP contribution is 2.32. The van der Waals surface area contributed by atoms with Crippen LogP contribution in [0.5, 0.6) is 5.75 Å². The van der Waals surface area contributed by atoms with Crippen molar-refractivity contribution in [2.45, 2.75) is 52.0 Å². The molecule has 0 spiro atoms. The molecule has 1 atom stereocenters. The Morgan fingerprint density at radius 3 is 2.96 bits per heavy atom. The maximum Gasteiger partial charge on any atom is 0.265 e. The number of ether oxygens (including phenoxy) is 1. The number of carbonyl (C=O) groups excluding carboxylic acids is 2. The minimum absolute atomic E-state index is 0.00496. The van der Waals surface area contributed by atoms with Crippen LogP contribution >= 0.6 is 0 Å². The maximum atomic E-state index is 12.2. The average Bonchev–Trinajstić information content (AvgIpc) is 2.66. The Morgan fingerprint density at radius 1 is 1.30 bits per heavy atom. The Hall–Kier alpha value is -2.08. The fraction of sp³-hybridized carbons (Fsp3) is 0.619. The lowest BCUT2D eigenvalue weighted by atomic mass is 10.0. The van der Waals surface area contributed by atoms with Crippen LogP contribution in [0, 0.1) is 6.92 Å². The number of hydrogen-bond donors (Lipinski definition) is 1. The molecule has 1 fully saturated rings. The van der Waals surface area contributed by atoms with Gasteiger partial charge in [-0.05, 0) is 57.4 Å². The quantitative estimate of drug-likeness (QED) is 0.746. The van der Waals surface area contributed by atoms with Crippen molar-refractivity contribution in [2.75, 3.05) is 37.7 Å². The minimum Gasteiger partial charge on any atom is -0.482 e. The standard InChI is InChI=1S/C21H31N3O3/c1-16-7-8-18-19(14-16)27-15-21(26)24(18)13-9-20(25)22-10-5-12-23-11-4-3-6-17(23)2/h7-8,14,17H,3-6,9-13,15H2,1-2H3,(H,22,25)/t17-/m1/s1. The van der Waals surface area contributed by atoms with E-state index in [0.717, 1.165) is 24.2 Å². The molecule has 1 aromatic rings. The van der Waals surface area contributed by atoms with Gasteiger partial charge >= 0.3 is 0 Å². The molecule has 148 valence electrons. The van der Waals surface area contributed by atoms with Crippen LogP contribution in [-0.2, 0) is 9.59 Å². The molecule has 1 saturated heterocycles. The number of rotatable bonds is 7. The zero-order chi connectivity index (χ0) is 19.2. The smallest absolute Gasteiger partial charge is 0.265 e. The van der Waals surface area contributed by atoms with E-state index in [-0.39, 0.29) is 18.4 Å². The average molecular weight is 373 g/mol. The summed E-state index contributed by atoms with van der Waals surface area (Å²) in [6.07, 6.45) is 5.16. The summed E-state index contributed by atoms with van der Waals surface area (Å²) in [6, 6.07) is 6.43. The Balaban J connectivity index is 1.41. The van der Waals surface area contributed by atoms with E-state index in [4.69, 9.17) is 4.74 Å². The van der Waals surface area contributed by atoms with Gasteiger partial charge in [0, 0.05) is 32.1 Å². The van der Waals surface area contributed by atoms with E-state index < -0.39 is 0 Å². The van der Waals surface area contributed by atoms with Gasteiger partial charge in [0.15, 0.2) is 6.61 Å². The summed E-state index contributed by atoms with van der Waals surface area (Å²) >= 11 is 0. The number of carbonyl (C=O) groups is 2. The molecule has 2 heterocycles. The zero-order valence-electron chi connectivity index (χ0n) is 16.5. The largest absolute Gasteiger partial charge is 0.482 e. The molecule has 2 aliphatic rings. The van der Waals surface area contributed by atoms with Gasteiger partial charge in [0.1, 0.15) is 5.75 Å². The fourth-order valence-electron chi connectivity index (χ4n) is 3.86. The van der Waals surface area contributed by atoms with Gasteiger partial charge in [-0.2, -0.15) is 0 Å². The fourth-order valence-corrected chi connectivity index (χ4v) is 3.86. The third-order valence-corrected chi connectivity index (χ3v) is 5.51. The highest BCUT2D eigenvalue weighted by Gasteiger charge is 2.25. The highest BCUT2D eigenvalue weighted by atomic mass is 16.5. The number of piperidine rings is 1. The Kier molecular flexibility index (Phi) is 6.72. The lowest BCUT2D eigenvalue weighted by molar-refractivity contribution is -0.122. The van der Waals surface area contributed by atoms with E-state index in [1.165, 1.54) is 25.8 Å². The number of hydrogen-bond acceptors (Lipinski definition) is 4. The molecule has 2 aliphatic heterocycles. The number of anilines is 1. The summed E-state index contributed by atoms with van der Waals surface area (Å²) in [5.74, 6) is 0.610. The van der Waals surface area contributed by atoms with Crippen LogP contribution in [0.3, 0.4) is 0 Å². The molecule has 0 radical (unpaired) electrons. The second kappa shape index (κ2) is 9.22. The first-order chi connectivity index (χ1) is 13.0. The topological polar surface area (TPSA) is 61.9 Å². The molecule has 2 amide bonds. The monoisotopic (exact) mass is 373 g/mol. The number of benzene rings is 1. The number of likely N-dealkylation sites (tertiary alicyclic amines) is 1. The number of amides is 2. The van der Waals surface area contributed by atoms with Crippen molar-refractivity contribution in [3.8, 4) is 5.75 Å². The maximum absolute atomic E-state index is 12.2. The Bertz CT molecular complexity index is 677. The predicted octanol–water partition coefficient (Wildman–Crippen LogP) is 2.49. The second-order valence-corrected chi connectivity index (χ2v) is 7.64. The molecule has 0 saturated carbocycles. The third kappa shape index (κ3) is 5.22. The molecule has 0 bridgehead atoms. The van der Waals surface area contributed by atoms with Crippen LogP contribution < -0.4 is 15.0 Å². The molecular weight excluding hydrogens is 342 g/mol. The Morgan fingerprint density at radius 2 is 2.15 bits per heavy atom. The van der Waals surface area contributed by atoms with Crippen molar-refractivity contribution >= 4 is 17.5 Å².